The molecule has 0 bridgehead atoms. The van der Waals surface area contributed by atoms with Crippen LogP contribution in [0.25, 0.3) is 22.4 Å². The van der Waals surface area contributed by atoms with Crippen molar-refractivity contribution in [1.82, 2.24) is 4.98 Å². The summed E-state index contributed by atoms with van der Waals surface area (Å²) in [5.74, 6) is 1.82. The van der Waals surface area contributed by atoms with Gasteiger partial charge in [-0.05, 0) is 42.8 Å². The van der Waals surface area contributed by atoms with Crippen LogP contribution in [0, 0.1) is 18.3 Å². The number of pyridine rings is 1. The smallest absolute Gasteiger partial charge is 0.203 e. The summed E-state index contributed by atoms with van der Waals surface area (Å²) in [4.78, 5) is 4.60. The molecule has 1 N–H and O–H groups in total. The molecule has 0 atom stereocenters. The highest BCUT2D eigenvalue weighted by Crippen LogP contribution is 2.42. The van der Waals surface area contributed by atoms with Crippen LogP contribution >= 0.6 is 0 Å². The van der Waals surface area contributed by atoms with Crippen molar-refractivity contribution in [3.05, 3.63) is 47.7 Å². The molecule has 7 nitrogen and oxygen atoms in total. The lowest BCUT2D eigenvalue weighted by atomic mass is 9.96. The number of ether oxygens (including phenoxy) is 4. The largest absolute Gasteiger partial charge is 0.504 e. The van der Waals surface area contributed by atoms with E-state index in [9.17, 15) is 10.4 Å². The normalized spacial score (nSPS) is 10.3. The Kier molecular flexibility index (Phi) is 5.98. The summed E-state index contributed by atoms with van der Waals surface area (Å²) < 4.78 is 21.4. The number of aryl methyl sites for hydroxylation is 1. The van der Waals surface area contributed by atoms with Gasteiger partial charge in [-0.3, -0.25) is 4.98 Å². The molecule has 3 aromatic rings. The molecule has 30 heavy (non-hydrogen) atoms. The Bertz CT molecular complexity index is 1110. The lowest BCUT2D eigenvalue weighted by molar-refractivity contribution is 0.324. The number of aromatic nitrogens is 1. The molecule has 0 aliphatic carbocycles. The molecule has 0 spiro atoms. The number of aromatic hydroxyl groups is 1. The lowest BCUT2D eigenvalue weighted by Crippen LogP contribution is -1.99. The summed E-state index contributed by atoms with van der Waals surface area (Å²) in [5, 5.41) is 19.9. The zero-order chi connectivity index (χ0) is 21.8. The third-order valence-corrected chi connectivity index (χ3v) is 4.76. The first-order chi connectivity index (χ1) is 14.5. The van der Waals surface area contributed by atoms with Crippen LogP contribution in [0.15, 0.2) is 36.4 Å². The fraction of sp³-hybridized carbons (Fsp3) is 0.217. The fourth-order valence-electron chi connectivity index (χ4n) is 3.28. The first-order valence-electron chi connectivity index (χ1n) is 9.06. The van der Waals surface area contributed by atoms with Crippen molar-refractivity contribution in [2.24, 2.45) is 0 Å². The summed E-state index contributed by atoms with van der Waals surface area (Å²) in [6.45, 7) is 1.77. The van der Waals surface area contributed by atoms with Crippen molar-refractivity contribution in [3.63, 3.8) is 0 Å². The first-order valence-corrected chi connectivity index (χ1v) is 9.06. The second kappa shape index (κ2) is 8.62. The van der Waals surface area contributed by atoms with Crippen LogP contribution in [-0.2, 0) is 0 Å². The number of methoxy groups -OCH3 is 4. The number of nitrogens with zero attached hydrogens (tertiary/aromatic N) is 2. The molecule has 0 aliphatic heterocycles. The summed E-state index contributed by atoms with van der Waals surface area (Å²) in [5.41, 5.74) is 3.66. The van der Waals surface area contributed by atoms with E-state index in [0.29, 0.717) is 51.1 Å². The maximum atomic E-state index is 10.2. The molecule has 0 saturated carbocycles. The predicted molar refractivity (Wildman–Crippen MR) is 112 cm³/mol. The summed E-state index contributed by atoms with van der Waals surface area (Å²) in [7, 11) is 6.11. The lowest BCUT2D eigenvalue weighted by Gasteiger charge is -2.15. The van der Waals surface area contributed by atoms with Crippen molar-refractivity contribution >= 4 is 0 Å². The minimum Gasteiger partial charge on any atom is -0.504 e. The number of phenolic OH excluding ortho intramolecular Hbond substituents is 1. The second-order valence-electron chi connectivity index (χ2n) is 6.43. The summed E-state index contributed by atoms with van der Waals surface area (Å²) >= 11 is 0. The van der Waals surface area contributed by atoms with Crippen molar-refractivity contribution in [3.8, 4) is 57.2 Å². The number of hydrogen-bond donors (Lipinski definition) is 1. The highest BCUT2D eigenvalue weighted by molar-refractivity contribution is 5.79. The molecule has 3 rings (SSSR count). The van der Waals surface area contributed by atoms with Gasteiger partial charge in [-0.2, -0.15) is 5.26 Å². The zero-order valence-electron chi connectivity index (χ0n) is 17.4. The van der Waals surface area contributed by atoms with Gasteiger partial charge in [0.25, 0.3) is 0 Å². The van der Waals surface area contributed by atoms with Gasteiger partial charge >= 0.3 is 0 Å². The topological polar surface area (TPSA) is 93.8 Å². The van der Waals surface area contributed by atoms with E-state index in [1.54, 1.807) is 64.7 Å². The van der Waals surface area contributed by atoms with Crippen molar-refractivity contribution in [2.45, 2.75) is 6.92 Å². The fourth-order valence-corrected chi connectivity index (χ4v) is 3.28. The Balaban J connectivity index is 2.24. The number of hydrogen-bond acceptors (Lipinski definition) is 7. The average Bonchev–Trinajstić information content (AvgIpc) is 2.77. The van der Waals surface area contributed by atoms with Gasteiger partial charge in [-0.1, -0.05) is 6.07 Å². The highest BCUT2D eigenvalue weighted by Gasteiger charge is 2.18. The van der Waals surface area contributed by atoms with E-state index in [4.69, 9.17) is 18.9 Å². The zero-order valence-corrected chi connectivity index (χ0v) is 17.4. The van der Waals surface area contributed by atoms with E-state index in [1.165, 1.54) is 7.11 Å². The third kappa shape index (κ3) is 3.67. The number of phenols is 1. The van der Waals surface area contributed by atoms with Crippen LogP contribution in [0.1, 0.15) is 11.3 Å². The SMILES string of the molecule is COc1ccc(-c2cc(-c3cc(OC)c(OC)c(OC)c3)nc(C)c2C#N)cc1O. The molecule has 2 aromatic carbocycles. The molecule has 0 aliphatic rings. The Morgan fingerprint density at radius 3 is 1.97 bits per heavy atom. The van der Waals surface area contributed by atoms with Gasteiger partial charge in [0.1, 0.15) is 6.07 Å². The van der Waals surface area contributed by atoms with Gasteiger partial charge in [-0.25, -0.2) is 0 Å². The van der Waals surface area contributed by atoms with Crippen molar-refractivity contribution < 1.29 is 24.1 Å². The van der Waals surface area contributed by atoms with Gasteiger partial charge in [-0.15, -0.1) is 0 Å². The monoisotopic (exact) mass is 406 g/mol. The molecule has 0 fully saturated rings. The van der Waals surface area contributed by atoms with E-state index in [-0.39, 0.29) is 5.75 Å². The van der Waals surface area contributed by atoms with E-state index < -0.39 is 0 Å². The summed E-state index contributed by atoms with van der Waals surface area (Å²) in [6, 6.07) is 12.6. The van der Waals surface area contributed by atoms with Crippen LogP contribution in [0.5, 0.6) is 28.7 Å². The maximum absolute atomic E-state index is 10.2. The molecule has 0 saturated heterocycles. The van der Waals surface area contributed by atoms with Crippen LogP contribution in [0.2, 0.25) is 0 Å². The molecule has 0 amide bonds. The highest BCUT2D eigenvalue weighted by atomic mass is 16.5. The molecule has 7 heteroatoms. The average molecular weight is 406 g/mol. The number of nitriles is 1. The van der Waals surface area contributed by atoms with Crippen LogP contribution < -0.4 is 18.9 Å². The minimum atomic E-state index is -0.0114. The van der Waals surface area contributed by atoms with Gasteiger partial charge in [0.2, 0.25) is 5.75 Å². The van der Waals surface area contributed by atoms with Gasteiger partial charge in [0.05, 0.1) is 45.4 Å². The van der Waals surface area contributed by atoms with Gasteiger partial charge in [0, 0.05) is 11.1 Å². The van der Waals surface area contributed by atoms with E-state index in [2.05, 4.69) is 11.1 Å². The van der Waals surface area contributed by atoms with Crippen LogP contribution in [0.3, 0.4) is 0 Å². The van der Waals surface area contributed by atoms with E-state index >= 15 is 0 Å². The molecule has 1 aromatic heterocycles. The number of benzene rings is 2. The van der Waals surface area contributed by atoms with Gasteiger partial charge < -0.3 is 24.1 Å². The first kappa shape index (κ1) is 20.8. The van der Waals surface area contributed by atoms with E-state index in [1.807, 2.05) is 0 Å². The Labute approximate surface area is 175 Å². The molecule has 1 heterocycles. The molecule has 0 radical (unpaired) electrons. The Morgan fingerprint density at radius 1 is 0.833 bits per heavy atom. The minimum absolute atomic E-state index is 0.0114. The second-order valence-corrected chi connectivity index (χ2v) is 6.43. The number of rotatable bonds is 6. The maximum Gasteiger partial charge on any atom is 0.203 e. The van der Waals surface area contributed by atoms with Crippen molar-refractivity contribution in [1.29, 1.82) is 5.26 Å². The van der Waals surface area contributed by atoms with Crippen LogP contribution in [0.4, 0.5) is 0 Å². The molecular weight excluding hydrogens is 384 g/mol. The van der Waals surface area contributed by atoms with E-state index in [0.717, 1.165) is 5.56 Å². The predicted octanol–water partition coefficient (Wildman–Crippen LogP) is 4.34. The summed E-state index contributed by atoms with van der Waals surface area (Å²) in [6.07, 6.45) is 0. The Morgan fingerprint density at radius 2 is 1.47 bits per heavy atom. The molecule has 154 valence electrons. The Hall–Kier alpha value is -3.92. The van der Waals surface area contributed by atoms with Gasteiger partial charge in [0.15, 0.2) is 23.0 Å². The quantitative estimate of drug-likeness (QED) is 0.651. The van der Waals surface area contributed by atoms with Crippen molar-refractivity contribution in [2.75, 3.05) is 28.4 Å². The third-order valence-electron chi connectivity index (χ3n) is 4.76. The van der Waals surface area contributed by atoms with Crippen LogP contribution in [-0.4, -0.2) is 38.5 Å². The molecule has 0 unspecified atom stereocenters. The standard InChI is InChI=1S/C23H22N2O5/c1-13-17(12-24)16(14-6-7-20(27-2)19(26)8-14)11-18(25-13)15-9-21(28-3)23(30-5)22(10-15)29-4/h6-11,26H,1-5H3. The molecular formula is C23H22N2O5.